The largest absolute Gasteiger partial charge is 0.481 e. The van der Waals surface area contributed by atoms with E-state index in [0.29, 0.717) is 16.5 Å². The number of rotatable bonds is 11. The van der Waals surface area contributed by atoms with Crippen LogP contribution in [0.4, 0.5) is 0 Å². The minimum atomic E-state index is -1.23. The van der Waals surface area contributed by atoms with Gasteiger partial charge >= 0.3 is 11.9 Å². The Bertz CT molecular complexity index is 1170. The van der Waals surface area contributed by atoms with Gasteiger partial charge in [0.1, 0.15) is 17.1 Å². The molecule has 35 heavy (non-hydrogen) atoms. The van der Waals surface area contributed by atoms with Crippen LogP contribution in [-0.4, -0.2) is 92.7 Å². The van der Waals surface area contributed by atoms with Crippen LogP contribution in [0.5, 0.6) is 0 Å². The number of carbonyl (C=O) groups is 4. The molecule has 0 bridgehead atoms. The van der Waals surface area contributed by atoms with Crippen molar-refractivity contribution in [2.24, 2.45) is 0 Å². The lowest BCUT2D eigenvalue weighted by Crippen LogP contribution is -2.70. The van der Waals surface area contributed by atoms with Crippen molar-refractivity contribution in [1.29, 1.82) is 0 Å². The fraction of sp³-hybridized carbons (Fsp3) is 0.368. The van der Waals surface area contributed by atoms with Gasteiger partial charge in [-0.05, 0) is 28.1 Å². The lowest BCUT2D eigenvalue weighted by atomic mass is 10.0. The zero-order valence-electron chi connectivity index (χ0n) is 17.9. The third-order valence-electron chi connectivity index (χ3n) is 5.00. The summed E-state index contributed by atoms with van der Waals surface area (Å²) in [6.07, 6.45) is 3.09. The number of carbonyl (C=O) groups excluding carboxylic acids is 2. The molecule has 2 amide bonds. The van der Waals surface area contributed by atoms with Gasteiger partial charge in [-0.3, -0.25) is 24.3 Å². The molecule has 1 saturated heterocycles. The Hall–Kier alpha value is -3.11. The summed E-state index contributed by atoms with van der Waals surface area (Å²) in [5, 5.41) is 32.4. The van der Waals surface area contributed by atoms with E-state index in [9.17, 15) is 24.3 Å². The van der Waals surface area contributed by atoms with Crippen molar-refractivity contribution in [3.63, 3.8) is 0 Å². The molecule has 184 valence electrons. The Labute approximate surface area is 211 Å². The number of β-lactam (4-membered cyclic amide) rings is 1. The van der Waals surface area contributed by atoms with Gasteiger partial charge in [-0.15, -0.1) is 28.6 Å². The predicted molar refractivity (Wildman–Crippen MR) is 125 cm³/mol. The van der Waals surface area contributed by atoms with Gasteiger partial charge in [0.05, 0.1) is 18.7 Å². The third-order valence-corrected chi connectivity index (χ3v) is 8.39. The van der Waals surface area contributed by atoms with Crippen molar-refractivity contribution in [1.82, 2.24) is 35.4 Å². The topological polar surface area (TPSA) is 180 Å². The second kappa shape index (κ2) is 11.1. The SMILES string of the molecule is O=C(O)CCn1nnnc1SCC1=C(C(=O)O)N2C(=O)C(NC(=O)CSc3ccncc3)[C@H]2SC1. The highest BCUT2D eigenvalue weighted by Gasteiger charge is 2.54. The van der Waals surface area contributed by atoms with Crippen LogP contribution in [0.1, 0.15) is 6.42 Å². The van der Waals surface area contributed by atoms with Gasteiger partial charge in [0.15, 0.2) is 0 Å². The van der Waals surface area contributed by atoms with Gasteiger partial charge in [-0.1, -0.05) is 11.8 Å². The van der Waals surface area contributed by atoms with E-state index in [1.54, 1.807) is 24.5 Å². The Morgan fingerprint density at radius 3 is 2.69 bits per heavy atom. The number of hydrogen-bond acceptors (Lipinski definition) is 11. The molecule has 4 heterocycles. The van der Waals surface area contributed by atoms with Crippen molar-refractivity contribution in [3.05, 3.63) is 35.8 Å². The van der Waals surface area contributed by atoms with Gasteiger partial charge in [-0.2, -0.15) is 0 Å². The number of aliphatic carboxylic acids is 2. The molecule has 0 spiro atoms. The summed E-state index contributed by atoms with van der Waals surface area (Å²) in [5.41, 5.74) is 0.412. The highest BCUT2D eigenvalue weighted by atomic mass is 32.2. The van der Waals surface area contributed by atoms with Crippen molar-refractivity contribution in [2.75, 3.05) is 17.3 Å². The first-order valence-electron chi connectivity index (χ1n) is 10.2. The summed E-state index contributed by atoms with van der Waals surface area (Å²) in [5.74, 6) is -2.35. The lowest BCUT2D eigenvalue weighted by Gasteiger charge is -2.49. The number of carboxylic acids is 2. The monoisotopic (exact) mass is 537 g/mol. The molecule has 2 aliphatic rings. The first kappa shape index (κ1) is 25.0. The lowest BCUT2D eigenvalue weighted by molar-refractivity contribution is -0.150. The summed E-state index contributed by atoms with van der Waals surface area (Å²) in [6.45, 7) is 0.0811. The first-order chi connectivity index (χ1) is 16.8. The Kier molecular flexibility index (Phi) is 7.92. The van der Waals surface area contributed by atoms with Gasteiger partial charge in [0.25, 0.3) is 5.91 Å². The van der Waals surface area contributed by atoms with Gasteiger partial charge in [-0.25, -0.2) is 9.48 Å². The van der Waals surface area contributed by atoms with Crippen LogP contribution >= 0.6 is 35.3 Å². The number of amides is 2. The van der Waals surface area contributed by atoms with E-state index >= 15 is 0 Å². The smallest absolute Gasteiger partial charge is 0.352 e. The Morgan fingerprint density at radius 1 is 1.20 bits per heavy atom. The summed E-state index contributed by atoms with van der Waals surface area (Å²) >= 11 is 3.85. The van der Waals surface area contributed by atoms with E-state index in [1.165, 1.54) is 33.1 Å². The quantitative estimate of drug-likeness (QED) is 0.261. The average molecular weight is 538 g/mol. The zero-order chi connectivity index (χ0) is 24.9. The maximum atomic E-state index is 12.8. The third kappa shape index (κ3) is 5.76. The number of fused-ring (bicyclic) bond motifs is 1. The number of carboxylic acid groups (broad SMARTS) is 2. The maximum Gasteiger partial charge on any atom is 0.352 e. The molecule has 1 fully saturated rings. The molecule has 3 N–H and O–H groups in total. The number of nitrogens with one attached hydrogen (secondary N) is 1. The minimum absolute atomic E-state index is 0.0811. The first-order valence-corrected chi connectivity index (χ1v) is 13.2. The van der Waals surface area contributed by atoms with Crippen LogP contribution in [0, 0.1) is 0 Å². The van der Waals surface area contributed by atoms with Crippen LogP contribution < -0.4 is 5.32 Å². The molecule has 1 unspecified atom stereocenters. The predicted octanol–water partition coefficient (Wildman–Crippen LogP) is 0.166. The van der Waals surface area contributed by atoms with Gasteiger partial charge in [0.2, 0.25) is 11.1 Å². The molecule has 2 aromatic heterocycles. The molecule has 4 rings (SSSR count). The van der Waals surface area contributed by atoms with Gasteiger partial charge < -0.3 is 15.5 Å². The standard InChI is InChI=1S/C19H19N7O6S3/c27-12(9-33-11-1-4-20-5-2-11)21-14-16(30)26-15(18(31)32)10(7-34-17(14)26)8-35-19-22-23-24-25(19)6-3-13(28)29/h1-2,4-5,14,17H,3,6-9H2,(H,21,27)(H,28,29)(H,31,32)/t14?,17-/m1/s1. The molecular formula is C19H19N7O6S3. The molecule has 2 aromatic rings. The van der Waals surface area contributed by atoms with Crippen LogP contribution in [0.3, 0.4) is 0 Å². The highest BCUT2D eigenvalue weighted by Crippen LogP contribution is 2.41. The van der Waals surface area contributed by atoms with Crippen molar-refractivity contribution in [3.8, 4) is 0 Å². The molecule has 0 saturated carbocycles. The summed E-state index contributed by atoms with van der Waals surface area (Å²) in [6, 6.07) is 2.76. The fourth-order valence-corrected chi connectivity index (χ4v) is 6.47. The van der Waals surface area contributed by atoms with Crippen LogP contribution in [-0.2, 0) is 25.7 Å². The molecule has 0 radical (unpaired) electrons. The summed E-state index contributed by atoms with van der Waals surface area (Å²) in [7, 11) is 0. The number of nitrogens with zero attached hydrogens (tertiary/aromatic N) is 6. The molecule has 16 heteroatoms. The molecule has 0 aliphatic carbocycles. The molecule has 2 atom stereocenters. The second-order valence-corrected chi connectivity index (χ2v) is 10.4. The Morgan fingerprint density at radius 2 is 1.97 bits per heavy atom. The van der Waals surface area contributed by atoms with Crippen molar-refractivity contribution >= 4 is 59.0 Å². The van der Waals surface area contributed by atoms with Crippen LogP contribution in [0.2, 0.25) is 0 Å². The maximum absolute atomic E-state index is 12.8. The van der Waals surface area contributed by atoms with E-state index in [-0.39, 0.29) is 36.1 Å². The number of pyridine rings is 1. The fourth-order valence-electron chi connectivity index (χ4n) is 3.39. The number of tetrazole rings is 1. The van der Waals surface area contributed by atoms with Crippen molar-refractivity contribution in [2.45, 2.75) is 34.4 Å². The number of aryl methyl sites for hydroxylation is 1. The van der Waals surface area contributed by atoms with Crippen molar-refractivity contribution < 1.29 is 29.4 Å². The second-order valence-electron chi connectivity index (χ2n) is 7.30. The molecular weight excluding hydrogens is 518 g/mol. The van der Waals surface area contributed by atoms with E-state index in [1.807, 2.05) is 0 Å². The van der Waals surface area contributed by atoms with Crippen LogP contribution in [0.25, 0.3) is 0 Å². The molecule has 2 aliphatic heterocycles. The van der Waals surface area contributed by atoms with E-state index in [0.717, 1.165) is 16.7 Å². The number of thioether (sulfide) groups is 3. The summed E-state index contributed by atoms with van der Waals surface area (Å²) < 4.78 is 1.34. The normalized spacial score (nSPS) is 19.2. The average Bonchev–Trinajstić information content (AvgIpc) is 3.30. The van der Waals surface area contributed by atoms with Crippen LogP contribution in [0.15, 0.2) is 45.8 Å². The summed E-state index contributed by atoms with van der Waals surface area (Å²) in [4.78, 5) is 54.0. The minimum Gasteiger partial charge on any atom is -0.481 e. The van der Waals surface area contributed by atoms with E-state index in [4.69, 9.17) is 5.11 Å². The van der Waals surface area contributed by atoms with E-state index in [2.05, 4.69) is 25.8 Å². The van der Waals surface area contributed by atoms with E-state index < -0.39 is 29.3 Å². The Balaban J connectivity index is 1.38. The molecule has 0 aromatic carbocycles. The zero-order valence-corrected chi connectivity index (χ0v) is 20.4. The molecule has 13 nitrogen and oxygen atoms in total. The number of hydrogen-bond donors (Lipinski definition) is 3. The van der Waals surface area contributed by atoms with Gasteiger partial charge in [0, 0.05) is 28.8 Å². The number of aromatic nitrogens is 5. The highest BCUT2D eigenvalue weighted by molar-refractivity contribution is 8.01.